The summed E-state index contributed by atoms with van der Waals surface area (Å²) in [6, 6.07) is 15.7. The van der Waals surface area contributed by atoms with Crippen molar-refractivity contribution in [1.82, 2.24) is 4.31 Å². The summed E-state index contributed by atoms with van der Waals surface area (Å²) in [5.41, 5.74) is 0.848. The quantitative estimate of drug-likeness (QED) is 0.725. The first-order valence-electron chi connectivity index (χ1n) is 7.67. The van der Waals surface area contributed by atoms with Gasteiger partial charge in [-0.25, -0.2) is 8.42 Å². The average molecular weight is 343 g/mol. The van der Waals surface area contributed by atoms with Gasteiger partial charge in [0.1, 0.15) is 5.75 Å². The van der Waals surface area contributed by atoms with Crippen LogP contribution >= 0.6 is 0 Å². The molecule has 0 amide bonds. The van der Waals surface area contributed by atoms with E-state index in [1.165, 1.54) is 4.31 Å². The van der Waals surface area contributed by atoms with Gasteiger partial charge in [-0.3, -0.25) is 0 Å². The van der Waals surface area contributed by atoms with E-state index in [1.54, 1.807) is 30.3 Å². The van der Waals surface area contributed by atoms with E-state index in [1.807, 2.05) is 38.1 Å². The van der Waals surface area contributed by atoms with Crippen LogP contribution in [0.3, 0.4) is 0 Å². The van der Waals surface area contributed by atoms with Crippen molar-refractivity contribution >= 4 is 10.0 Å². The molecule has 0 aromatic heterocycles. The first-order valence-corrected chi connectivity index (χ1v) is 9.11. The molecule has 0 fully saturated rings. The highest BCUT2D eigenvalue weighted by molar-refractivity contribution is 7.89. The fourth-order valence-electron chi connectivity index (χ4n) is 2.22. The van der Waals surface area contributed by atoms with Gasteiger partial charge in [0.2, 0.25) is 10.0 Å². The standard InChI is InChI=1S/C19H21NO3S/c1-4-14-20(24(21,22)19-8-6-5-7-9-19)15-17-10-12-18(13-11-17)23-16(2)3/h1,5-13,16H,14-15H2,2-3H3. The third kappa shape index (κ3) is 4.60. The zero-order chi connectivity index (χ0) is 17.6. The molecule has 0 aliphatic carbocycles. The normalized spacial score (nSPS) is 11.5. The van der Waals surface area contributed by atoms with Crippen LogP contribution in [0.5, 0.6) is 5.75 Å². The smallest absolute Gasteiger partial charge is 0.244 e. The fourth-order valence-corrected chi connectivity index (χ4v) is 3.58. The molecular weight excluding hydrogens is 322 g/mol. The molecule has 0 aliphatic rings. The van der Waals surface area contributed by atoms with Crippen LogP contribution in [-0.2, 0) is 16.6 Å². The van der Waals surface area contributed by atoms with Gasteiger partial charge in [-0.2, -0.15) is 4.31 Å². The molecule has 0 N–H and O–H groups in total. The molecule has 0 radical (unpaired) electrons. The molecule has 0 saturated heterocycles. The number of terminal acetylenes is 1. The van der Waals surface area contributed by atoms with Gasteiger partial charge >= 0.3 is 0 Å². The molecular formula is C19H21NO3S. The number of benzene rings is 2. The Morgan fingerprint density at radius 2 is 1.71 bits per heavy atom. The van der Waals surface area contributed by atoms with Crippen LogP contribution in [0.1, 0.15) is 19.4 Å². The summed E-state index contributed by atoms with van der Waals surface area (Å²) in [5.74, 6) is 3.18. The summed E-state index contributed by atoms with van der Waals surface area (Å²) < 4.78 is 32.4. The maximum absolute atomic E-state index is 12.7. The fraction of sp³-hybridized carbons (Fsp3) is 0.263. The van der Waals surface area contributed by atoms with Crippen molar-refractivity contribution in [3.05, 3.63) is 60.2 Å². The van der Waals surface area contributed by atoms with Crippen LogP contribution in [-0.4, -0.2) is 25.4 Å². The molecule has 126 valence electrons. The number of rotatable bonds is 7. The number of sulfonamides is 1. The average Bonchev–Trinajstić information content (AvgIpc) is 2.56. The van der Waals surface area contributed by atoms with Crippen molar-refractivity contribution in [3.63, 3.8) is 0 Å². The Morgan fingerprint density at radius 1 is 1.08 bits per heavy atom. The molecule has 0 atom stereocenters. The second-order valence-electron chi connectivity index (χ2n) is 5.60. The van der Waals surface area contributed by atoms with Crippen molar-refractivity contribution in [3.8, 4) is 18.1 Å². The summed E-state index contributed by atoms with van der Waals surface area (Å²) in [5, 5.41) is 0. The Balaban J connectivity index is 2.21. The monoisotopic (exact) mass is 343 g/mol. The van der Waals surface area contributed by atoms with Gasteiger partial charge in [-0.05, 0) is 43.7 Å². The predicted molar refractivity (Wildman–Crippen MR) is 95.1 cm³/mol. The number of nitrogens with zero attached hydrogens (tertiary/aromatic N) is 1. The third-order valence-electron chi connectivity index (χ3n) is 3.30. The molecule has 2 rings (SSSR count). The second kappa shape index (κ2) is 8.00. The molecule has 0 aliphatic heterocycles. The van der Waals surface area contributed by atoms with Crippen LogP contribution in [0.25, 0.3) is 0 Å². The van der Waals surface area contributed by atoms with E-state index >= 15 is 0 Å². The summed E-state index contributed by atoms with van der Waals surface area (Å²) in [6.07, 6.45) is 5.45. The maximum Gasteiger partial charge on any atom is 0.244 e. The summed E-state index contributed by atoms with van der Waals surface area (Å²) >= 11 is 0. The predicted octanol–water partition coefficient (Wildman–Crippen LogP) is 3.30. The molecule has 0 saturated carbocycles. The van der Waals surface area contributed by atoms with Gasteiger partial charge in [0.05, 0.1) is 17.5 Å². The SMILES string of the molecule is C#CCN(Cc1ccc(OC(C)C)cc1)S(=O)(=O)c1ccccc1. The summed E-state index contributed by atoms with van der Waals surface area (Å²) in [7, 11) is -3.63. The topological polar surface area (TPSA) is 46.6 Å². The number of hydrogen-bond acceptors (Lipinski definition) is 3. The molecule has 5 heteroatoms. The molecule has 2 aromatic carbocycles. The van der Waals surface area contributed by atoms with Gasteiger partial charge in [0, 0.05) is 6.54 Å². The van der Waals surface area contributed by atoms with Crippen molar-refractivity contribution < 1.29 is 13.2 Å². The van der Waals surface area contributed by atoms with Crippen molar-refractivity contribution in [1.29, 1.82) is 0 Å². The van der Waals surface area contributed by atoms with Crippen molar-refractivity contribution in [2.45, 2.75) is 31.4 Å². The van der Waals surface area contributed by atoms with Crippen molar-refractivity contribution in [2.75, 3.05) is 6.54 Å². The van der Waals surface area contributed by atoms with Gasteiger partial charge < -0.3 is 4.74 Å². The van der Waals surface area contributed by atoms with Gasteiger partial charge in [0.25, 0.3) is 0 Å². The lowest BCUT2D eigenvalue weighted by atomic mass is 10.2. The Hall–Kier alpha value is -2.29. The van der Waals surface area contributed by atoms with Crippen LogP contribution < -0.4 is 4.74 Å². The van der Waals surface area contributed by atoms with Gasteiger partial charge in [-0.1, -0.05) is 36.3 Å². The van der Waals surface area contributed by atoms with E-state index in [0.29, 0.717) is 0 Å². The molecule has 0 heterocycles. The minimum absolute atomic E-state index is 0.0154. The first kappa shape index (κ1) is 18.1. The number of ether oxygens (including phenoxy) is 1. The van der Waals surface area contributed by atoms with Crippen LogP contribution in [0, 0.1) is 12.3 Å². The minimum Gasteiger partial charge on any atom is -0.491 e. The lowest BCUT2D eigenvalue weighted by Crippen LogP contribution is -2.31. The highest BCUT2D eigenvalue weighted by atomic mass is 32.2. The van der Waals surface area contributed by atoms with Crippen LogP contribution in [0.4, 0.5) is 0 Å². The van der Waals surface area contributed by atoms with Crippen LogP contribution in [0.2, 0.25) is 0 Å². The largest absolute Gasteiger partial charge is 0.491 e. The van der Waals surface area contributed by atoms with E-state index in [4.69, 9.17) is 11.2 Å². The Bertz CT molecular complexity index is 791. The molecule has 0 bridgehead atoms. The zero-order valence-electron chi connectivity index (χ0n) is 13.8. The van der Waals surface area contributed by atoms with Gasteiger partial charge in [-0.15, -0.1) is 6.42 Å². The second-order valence-corrected chi connectivity index (χ2v) is 7.54. The summed E-state index contributed by atoms with van der Waals surface area (Å²) in [6.45, 7) is 4.13. The Kier molecular flexibility index (Phi) is 6.02. The molecule has 0 unspecified atom stereocenters. The molecule has 24 heavy (non-hydrogen) atoms. The first-order chi connectivity index (χ1) is 11.4. The minimum atomic E-state index is -3.63. The van der Waals surface area contributed by atoms with E-state index in [2.05, 4.69) is 5.92 Å². The molecule has 4 nitrogen and oxygen atoms in total. The van der Waals surface area contributed by atoms with Crippen LogP contribution in [0.15, 0.2) is 59.5 Å². The Morgan fingerprint density at radius 3 is 2.25 bits per heavy atom. The molecule has 2 aromatic rings. The maximum atomic E-state index is 12.7. The summed E-state index contributed by atoms with van der Waals surface area (Å²) in [4.78, 5) is 0.236. The zero-order valence-corrected chi connectivity index (χ0v) is 14.7. The van der Waals surface area contributed by atoms with E-state index in [9.17, 15) is 8.42 Å². The van der Waals surface area contributed by atoms with E-state index in [-0.39, 0.29) is 24.1 Å². The number of hydrogen-bond donors (Lipinski definition) is 0. The highest BCUT2D eigenvalue weighted by Crippen LogP contribution is 2.20. The van der Waals surface area contributed by atoms with E-state index < -0.39 is 10.0 Å². The van der Waals surface area contributed by atoms with Crippen molar-refractivity contribution in [2.24, 2.45) is 0 Å². The van der Waals surface area contributed by atoms with Gasteiger partial charge in [0.15, 0.2) is 0 Å². The lowest BCUT2D eigenvalue weighted by Gasteiger charge is -2.20. The van der Waals surface area contributed by atoms with E-state index in [0.717, 1.165) is 11.3 Å². The third-order valence-corrected chi connectivity index (χ3v) is 5.11. The highest BCUT2D eigenvalue weighted by Gasteiger charge is 2.23. The lowest BCUT2D eigenvalue weighted by molar-refractivity contribution is 0.242. The molecule has 0 spiro atoms. The Labute approximate surface area is 144 Å².